The van der Waals surface area contributed by atoms with E-state index in [4.69, 9.17) is 5.11 Å². The molecule has 0 fully saturated rings. The van der Waals surface area contributed by atoms with Gasteiger partial charge in [-0.05, 0) is 12.3 Å². The van der Waals surface area contributed by atoms with E-state index in [0.29, 0.717) is 6.54 Å². The zero-order chi connectivity index (χ0) is 13.3. The fourth-order valence-corrected chi connectivity index (χ4v) is 1.44. The van der Waals surface area contributed by atoms with Crippen molar-refractivity contribution >= 4 is 12.0 Å². The third-order valence-corrected chi connectivity index (χ3v) is 2.58. The average Bonchev–Trinajstić information content (AvgIpc) is 2.22. The summed E-state index contributed by atoms with van der Waals surface area (Å²) in [5.41, 5.74) is 0. The van der Waals surface area contributed by atoms with Crippen LogP contribution in [0.3, 0.4) is 0 Å². The number of aliphatic carboxylic acids is 1. The van der Waals surface area contributed by atoms with Gasteiger partial charge in [-0.25, -0.2) is 4.79 Å². The van der Waals surface area contributed by atoms with Gasteiger partial charge in [-0.2, -0.15) is 0 Å². The number of carboxylic acids is 1. The van der Waals surface area contributed by atoms with Crippen molar-refractivity contribution < 1.29 is 14.7 Å². The number of hydrogen-bond donors (Lipinski definition) is 3. The summed E-state index contributed by atoms with van der Waals surface area (Å²) in [5, 5.41) is 14.1. The molecular weight excluding hydrogens is 220 g/mol. The highest BCUT2D eigenvalue weighted by molar-refractivity contribution is 5.75. The van der Waals surface area contributed by atoms with Crippen LogP contribution in [-0.2, 0) is 4.79 Å². The Morgan fingerprint density at radius 2 is 1.88 bits per heavy atom. The topological polar surface area (TPSA) is 78.4 Å². The minimum Gasteiger partial charge on any atom is -0.481 e. The van der Waals surface area contributed by atoms with E-state index in [1.165, 1.54) is 0 Å². The average molecular weight is 244 g/mol. The summed E-state index contributed by atoms with van der Waals surface area (Å²) in [4.78, 5) is 22.1. The summed E-state index contributed by atoms with van der Waals surface area (Å²) in [5.74, 6) is -0.789. The zero-order valence-electron chi connectivity index (χ0n) is 11.0. The lowest BCUT2D eigenvalue weighted by Crippen LogP contribution is -2.45. The van der Waals surface area contributed by atoms with Crippen LogP contribution in [0.4, 0.5) is 4.79 Å². The molecule has 0 aromatic rings. The minimum absolute atomic E-state index is 0.0416. The molecule has 0 saturated carbocycles. The van der Waals surface area contributed by atoms with Gasteiger partial charge in [-0.3, -0.25) is 4.79 Å². The van der Waals surface area contributed by atoms with Gasteiger partial charge in [0.05, 0.1) is 6.42 Å². The van der Waals surface area contributed by atoms with Crippen molar-refractivity contribution in [1.29, 1.82) is 0 Å². The first kappa shape index (κ1) is 15.7. The molecule has 1 unspecified atom stereocenters. The predicted molar refractivity (Wildman–Crippen MR) is 66.9 cm³/mol. The van der Waals surface area contributed by atoms with Crippen LogP contribution in [-0.4, -0.2) is 29.7 Å². The van der Waals surface area contributed by atoms with Gasteiger partial charge in [-0.15, -0.1) is 0 Å². The van der Waals surface area contributed by atoms with Gasteiger partial charge in [0.2, 0.25) is 0 Å². The second-order valence-corrected chi connectivity index (χ2v) is 4.56. The Bertz CT molecular complexity index is 242. The van der Waals surface area contributed by atoms with Crippen molar-refractivity contribution in [2.24, 2.45) is 5.92 Å². The van der Waals surface area contributed by atoms with E-state index in [1.807, 2.05) is 13.8 Å². The number of carbonyl (C=O) groups excluding carboxylic acids is 1. The van der Waals surface area contributed by atoms with Gasteiger partial charge in [-0.1, -0.05) is 33.6 Å². The van der Waals surface area contributed by atoms with Crippen LogP contribution < -0.4 is 10.6 Å². The number of hydrogen-bond acceptors (Lipinski definition) is 2. The van der Waals surface area contributed by atoms with Gasteiger partial charge in [0.1, 0.15) is 0 Å². The maximum Gasteiger partial charge on any atom is 0.315 e. The summed E-state index contributed by atoms with van der Waals surface area (Å²) in [6.07, 6.45) is 3.11. The molecule has 5 heteroatoms. The maximum absolute atomic E-state index is 11.5. The number of rotatable bonds is 8. The molecule has 0 aliphatic carbocycles. The van der Waals surface area contributed by atoms with E-state index in [-0.39, 0.29) is 24.4 Å². The Balaban J connectivity index is 3.91. The summed E-state index contributed by atoms with van der Waals surface area (Å²) >= 11 is 0. The van der Waals surface area contributed by atoms with Crippen LogP contribution in [0.25, 0.3) is 0 Å². The standard InChI is InChI=1S/C12H24N2O3/c1-4-5-6-7-13-12(17)14-10(9(2)3)8-11(15)16/h9-10H,4-8H2,1-3H3,(H,15,16)(H2,13,14,17). The summed E-state index contributed by atoms with van der Waals surface area (Å²) < 4.78 is 0. The minimum atomic E-state index is -0.894. The third kappa shape index (κ3) is 8.54. The van der Waals surface area contributed by atoms with E-state index < -0.39 is 5.97 Å². The molecule has 5 nitrogen and oxygen atoms in total. The van der Waals surface area contributed by atoms with Crippen molar-refractivity contribution in [2.45, 2.75) is 52.5 Å². The van der Waals surface area contributed by atoms with Crippen LogP contribution in [0.2, 0.25) is 0 Å². The number of carboxylic acid groups (broad SMARTS) is 1. The van der Waals surface area contributed by atoms with Gasteiger partial charge in [0, 0.05) is 12.6 Å². The van der Waals surface area contributed by atoms with Crippen LogP contribution in [0.15, 0.2) is 0 Å². The van der Waals surface area contributed by atoms with Gasteiger partial charge >= 0.3 is 12.0 Å². The van der Waals surface area contributed by atoms with Crippen molar-refractivity contribution in [3.05, 3.63) is 0 Å². The molecule has 1 atom stereocenters. The Labute approximate surface area is 103 Å². The number of unbranched alkanes of at least 4 members (excludes halogenated alkanes) is 2. The number of carbonyl (C=O) groups is 2. The molecule has 0 aromatic carbocycles. The first-order valence-electron chi connectivity index (χ1n) is 6.23. The highest BCUT2D eigenvalue weighted by atomic mass is 16.4. The lowest BCUT2D eigenvalue weighted by atomic mass is 10.0. The Morgan fingerprint density at radius 3 is 2.35 bits per heavy atom. The summed E-state index contributed by atoms with van der Waals surface area (Å²) in [7, 11) is 0. The molecule has 0 bridgehead atoms. The maximum atomic E-state index is 11.5. The SMILES string of the molecule is CCCCCNC(=O)NC(CC(=O)O)C(C)C. The fourth-order valence-electron chi connectivity index (χ4n) is 1.44. The van der Waals surface area contributed by atoms with Crippen molar-refractivity contribution in [1.82, 2.24) is 10.6 Å². The molecule has 17 heavy (non-hydrogen) atoms. The normalized spacial score (nSPS) is 12.2. The number of urea groups is 1. The van der Waals surface area contributed by atoms with Crippen LogP contribution in [0, 0.1) is 5.92 Å². The quantitative estimate of drug-likeness (QED) is 0.571. The molecule has 0 saturated heterocycles. The number of amides is 2. The largest absolute Gasteiger partial charge is 0.481 e. The van der Waals surface area contributed by atoms with Crippen LogP contribution >= 0.6 is 0 Å². The predicted octanol–water partition coefficient (Wildman–Crippen LogP) is 1.98. The molecule has 0 spiro atoms. The molecule has 0 radical (unpaired) electrons. The van der Waals surface area contributed by atoms with Gasteiger partial charge in [0.25, 0.3) is 0 Å². The number of nitrogens with one attached hydrogen (secondary N) is 2. The van der Waals surface area contributed by atoms with Gasteiger partial charge in [0.15, 0.2) is 0 Å². The van der Waals surface area contributed by atoms with Crippen LogP contribution in [0.5, 0.6) is 0 Å². The summed E-state index contributed by atoms with van der Waals surface area (Å²) in [6, 6.07) is -0.597. The molecule has 2 amide bonds. The molecule has 3 N–H and O–H groups in total. The van der Waals surface area contributed by atoms with E-state index in [1.54, 1.807) is 0 Å². The third-order valence-electron chi connectivity index (χ3n) is 2.58. The van der Waals surface area contributed by atoms with E-state index in [0.717, 1.165) is 19.3 Å². The first-order valence-corrected chi connectivity index (χ1v) is 6.23. The molecule has 0 rings (SSSR count). The van der Waals surface area contributed by atoms with Crippen molar-refractivity contribution in [3.63, 3.8) is 0 Å². The fraction of sp³-hybridized carbons (Fsp3) is 0.833. The van der Waals surface area contributed by atoms with E-state index >= 15 is 0 Å². The summed E-state index contributed by atoms with van der Waals surface area (Å²) in [6.45, 7) is 6.52. The molecule has 0 aliphatic rings. The monoisotopic (exact) mass is 244 g/mol. The molecule has 100 valence electrons. The highest BCUT2D eigenvalue weighted by Crippen LogP contribution is 2.05. The Morgan fingerprint density at radius 1 is 1.24 bits per heavy atom. The second kappa shape index (κ2) is 8.84. The smallest absolute Gasteiger partial charge is 0.315 e. The lowest BCUT2D eigenvalue weighted by molar-refractivity contribution is -0.137. The molecule has 0 aromatic heterocycles. The van der Waals surface area contributed by atoms with Gasteiger partial charge < -0.3 is 15.7 Å². The van der Waals surface area contributed by atoms with Crippen molar-refractivity contribution in [3.8, 4) is 0 Å². The molecule has 0 heterocycles. The molecular formula is C12H24N2O3. The Hall–Kier alpha value is -1.26. The molecule has 0 aliphatic heterocycles. The zero-order valence-corrected chi connectivity index (χ0v) is 11.0. The van der Waals surface area contributed by atoms with Crippen LogP contribution in [0.1, 0.15) is 46.5 Å². The highest BCUT2D eigenvalue weighted by Gasteiger charge is 2.18. The lowest BCUT2D eigenvalue weighted by Gasteiger charge is -2.20. The first-order chi connectivity index (χ1) is 7.97. The second-order valence-electron chi connectivity index (χ2n) is 4.56. The van der Waals surface area contributed by atoms with E-state index in [2.05, 4.69) is 17.6 Å². The van der Waals surface area contributed by atoms with E-state index in [9.17, 15) is 9.59 Å². The van der Waals surface area contributed by atoms with Crippen molar-refractivity contribution in [2.75, 3.05) is 6.54 Å². The Kier molecular flexibility index (Phi) is 8.19.